The van der Waals surface area contributed by atoms with Gasteiger partial charge in [0.15, 0.2) is 0 Å². The Bertz CT molecular complexity index is 1410. The Labute approximate surface area is 247 Å². The van der Waals surface area contributed by atoms with E-state index in [0.717, 1.165) is 16.3 Å². The predicted octanol–water partition coefficient (Wildman–Crippen LogP) is 6.08. The van der Waals surface area contributed by atoms with Crippen molar-refractivity contribution in [3.8, 4) is 0 Å². The van der Waals surface area contributed by atoms with Crippen molar-refractivity contribution in [3.05, 3.63) is 94.0 Å². The van der Waals surface area contributed by atoms with Crippen LogP contribution < -0.4 is 9.62 Å². The predicted molar refractivity (Wildman–Crippen MR) is 161 cm³/mol. The van der Waals surface area contributed by atoms with E-state index >= 15 is 0 Å². The Hall–Kier alpha value is -3.07. The summed E-state index contributed by atoms with van der Waals surface area (Å²) < 4.78 is 28.8. The average molecular weight is 605 g/mol. The minimum Gasteiger partial charge on any atom is -0.352 e. The van der Waals surface area contributed by atoms with Crippen LogP contribution in [0.15, 0.2) is 77.7 Å². The first-order valence-electron chi connectivity index (χ1n) is 13.2. The molecule has 1 atom stereocenters. The van der Waals surface area contributed by atoms with Crippen molar-refractivity contribution in [2.45, 2.75) is 64.1 Å². The average Bonchev–Trinajstić information content (AvgIpc) is 2.92. The van der Waals surface area contributed by atoms with Crippen molar-refractivity contribution < 1.29 is 18.0 Å². The molecule has 3 aromatic carbocycles. The monoisotopic (exact) mass is 603 g/mol. The molecule has 0 radical (unpaired) electrons. The number of nitrogens with zero attached hydrogens (tertiary/aromatic N) is 2. The number of amides is 2. The number of carbonyl (C=O) groups is 2. The molecule has 10 heteroatoms. The molecule has 0 saturated heterocycles. The van der Waals surface area contributed by atoms with E-state index in [-0.39, 0.29) is 23.4 Å². The lowest BCUT2D eigenvalue weighted by atomic mass is 10.1. The van der Waals surface area contributed by atoms with E-state index in [0.29, 0.717) is 27.7 Å². The largest absolute Gasteiger partial charge is 0.352 e. The van der Waals surface area contributed by atoms with Crippen molar-refractivity contribution in [1.82, 2.24) is 10.2 Å². The lowest BCUT2D eigenvalue weighted by Gasteiger charge is -2.33. The van der Waals surface area contributed by atoms with Crippen molar-refractivity contribution in [2.24, 2.45) is 0 Å². The molecular weight excluding hydrogens is 569 g/mol. The van der Waals surface area contributed by atoms with Crippen LogP contribution in [0.2, 0.25) is 10.0 Å². The van der Waals surface area contributed by atoms with Gasteiger partial charge in [0.1, 0.15) is 12.6 Å². The Morgan fingerprint density at radius 2 is 1.57 bits per heavy atom. The number of nitrogens with one attached hydrogen (secondary N) is 1. The molecule has 0 aliphatic heterocycles. The van der Waals surface area contributed by atoms with Gasteiger partial charge in [-0.2, -0.15) is 0 Å². The molecule has 0 aliphatic rings. The summed E-state index contributed by atoms with van der Waals surface area (Å²) in [5.74, 6) is -0.878. The summed E-state index contributed by atoms with van der Waals surface area (Å²) in [5.41, 5.74) is 1.96. The van der Waals surface area contributed by atoms with Gasteiger partial charge in [0.05, 0.1) is 10.6 Å². The molecule has 40 heavy (non-hydrogen) atoms. The smallest absolute Gasteiger partial charge is 0.264 e. The molecule has 3 rings (SSSR count). The molecule has 0 fully saturated rings. The van der Waals surface area contributed by atoms with Gasteiger partial charge < -0.3 is 10.2 Å². The SMILES string of the molecule is CCc1ccc(N(CC(=O)N(Cc2ccc(Cl)cc2Cl)[C@@H](CC)C(=O)NC(C)C)S(=O)(=O)c2ccccc2)cc1. The molecule has 0 bridgehead atoms. The van der Waals surface area contributed by atoms with Crippen molar-refractivity contribution in [1.29, 1.82) is 0 Å². The molecule has 214 valence electrons. The molecule has 0 saturated carbocycles. The van der Waals surface area contributed by atoms with Gasteiger partial charge in [-0.15, -0.1) is 0 Å². The molecule has 1 N–H and O–H groups in total. The minimum atomic E-state index is -4.12. The zero-order chi connectivity index (χ0) is 29.4. The van der Waals surface area contributed by atoms with Gasteiger partial charge in [-0.1, -0.05) is 73.4 Å². The van der Waals surface area contributed by atoms with Gasteiger partial charge in [-0.3, -0.25) is 13.9 Å². The fourth-order valence-corrected chi connectivity index (χ4v) is 6.18. The fraction of sp³-hybridized carbons (Fsp3) is 0.333. The van der Waals surface area contributed by atoms with Gasteiger partial charge in [0, 0.05) is 22.6 Å². The summed E-state index contributed by atoms with van der Waals surface area (Å²) >= 11 is 12.5. The van der Waals surface area contributed by atoms with Crippen molar-refractivity contribution in [3.63, 3.8) is 0 Å². The maximum absolute atomic E-state index is 14.1. The van der Waals surface area contributed by atoms with E-state index in [4.69, 9.17) is 23.2 Å². The highest BCUT2D eigenvalue weighted by Gasteiger charge is 2.34. The second-order valence-electron chi connectivity index (χ2n) is 9.69. The molecule has 0 unspecified atom stereocenters. The number of rotatable bonds is 12. The first-order valence-corrected chi connectivity index (χ1v) is 15.4. The summed E-state index contributed by atoms with van der Waals surface area (Å²) in [6.07, 6.45) is 1.09. The molecule has 0 spiro atoms. The third kappa shape index (κ3) is 7.77. The summed E-state index contributed by atoms with van der Waals surface area (Å²) in [6, 6.07) is 18.9. The molecule has 0 heterocycles. The number of benzene rings is 3. The second kappa shape index (κ2) is 14.0. The lowest BCUT2D eigenvalue weighted by molar-refractivity contribution is -0.140. The summed E-state index contributed by atoms with van der Waals surface area (Å²) in [4.78, 5) is 28.7. The molecule has 3 aromatic rings. The van der Waals surface area contributed by atoms with Gasteiger partial charge in [-0.05, 0) is 74.2 Å². The number of aryl methyl sites for hydroxylation is 1. The lowest BCUT2D eigenvalue weighted by Crippen LogP contribution is -2.53. The maximum atomic E-state index is 14.1. The molecule has 2 amide bonds. The Kier molecular flexibility index (Phi) is 11.0. The van der Waals surface area contributed by atoms with E-state index in [1.807, 2.05) is 32.9 Å². The first-order chi connectivity index (χ1) is 19.0. The maximum Gasteiger partial charge on any atom is 0.264 e. The fourth-order valence-electron chi connectivity index (χ4n) is 4.28. The highest BCUT2D eigenvalue weighted by atomic mass is 35.5. The van der Waals surface area contributed by atoms with Crippen molar-refractivity contribution in [2.75, 3.05) is 10.8 Å². The summed E-state index contributed by atoms with van der Waals surface area (Å²) in [6.45, 7) is 6.95. The van der Waals surface area contributed by atoms with Crippen LogP contribution in [0, 0.1) is 0 Å². The molecular formula is C30H35Cl2N3O4S. The van der Waals surface area contributed by atoms with Crippen LogP contribution in [0.5, 0.6) is 0 Å². The Morgan fingerprint density at radius 3 is 2.12 bits per heavy atom. The number of hydrogen-bond donors (Lipinski definition) is 1. The Morgan fingerprint density at radius 1 is 0.925 bits per heavy atom. The molecule has 7 nitrogen and oxygen atoms in total. The topological polar surface area (TPSA) is 86.8 Å². The minimum absolute atomic E-state index is 0.00709. The molecule has 0 aliphatic carbocycles. The van der Waals surface area contributed by atoms with Crippen LogP contribution in [0.3, 0.4) is 0 Å². The van der Waals surface area contributed by atoms with Crippen LogP contribution in [0.1, 0.15) is 45.2 Å². The van der Waals surface area contributed by atoms with E-state index in [2.05, 4.69) is 5.32 Å². The summed E-state index contributed by atoms with van der Waals surface area (Å²) in [5, 5.41) is 3.65. The number of sulfonamides is 1. The van der Waals surface area contributed by atoms with Crippen molar-refractivity contribution >= 4 is 50.7 Å². The highest BCUT2D eigenvalue weighted by molar-refractivity contribution is 7.92. The third-order valence-corrected chi connectivity index (χ3v) is 8.79. The van der Waals surface area contributed by atoms with Crippen LogP contribution in [-0.4, -0.2) is 43.8 Å². The number of carbonyl (C=O) groups excluding carboxylic acids is 2. The van der Waals surface area contributed by atoms with Gasteiger partial charge in [-0.25, -0.2) is 8.42 Å². The van der Waals surface area contributed by atoms with Crippen LogP contribution in [0.25, 0.3) is 0 Å². The molecule has 0 aromatic heterocycles. The van der Waals surface area contributed by atoms with E-state index < -0.39 is 28.5 Å². The van der Waals surface area contributed by atoms with Gasteiger partial charge >= 0.3 is 0 Å². The van der Waals surface area contributed by atoms with E-state index in [1.165, 1.54) is 17.0 Å². The highest BCUT2D eigenvalue weighted by Crippen LogP contribution is 2.27. The number of hydrogen-bond acceptors (Lipinski definition) is 4. The normalized spacial score (nSPS) is 12.2. The Balaban J connectivity index is 2.08. The zero-order valence-corrected chi connectivity index (χ0v) is 25.4. The van der Waals surface area contributed by atoms with Crippen LogP contribution in [-0.2, 0) is 32.6 Å². The quantitative estimate of drug-likeness (QED) is 0.272. The van der Waals surface area contributed by atoms with Gasteiger partial charge in [0.25, 0.3) is 10.0 Å². The standard InChI is InChI=1S/C30H35Cl2N3O4S/c1-5-22-12-16-25(17-13-22)35(40(38,39)26-10-8-7-9-11-26)20-29(36)34(28(6-2)30(37)33-21(3)4)19-23-14-15-24(31)18-27(23)32/h7-18,21,28H,5-6,19-20H2,1-4H3,(H,33,37)/t28-/m0/s1. The first kappa shape index (κ1) is 31.5. The van der Waals surface area contributed by atoms with E-state index in [1.54, 1.807) is 55.5 Å². The zero-order valence-electron chi connectivity index (χ0n) is 23.1. The third-order valence-electron chi connectivity index (χ3n) is 6.42. The van der Waals surface area contributed by atoms with Crippen LogP contribution >= 0.6 is 23.2 Å². The van der Waals surface area contributed by atoms with E-state index in [9.17, 15) is 18.0 Å². The van der Waals surface area contributed by atoms with Crippen LogP contribution in [0.4, 0.5) is 5.69 Å². The number of anilines is 1. The number of halogens is 2. The van der Waals surface area contributed by atoms with Gasteiger partial charge in [0.2, 0.25) is 11.8 Å². The summed E-state index contributed by atoms with van der Waals surface area (Å²) in [7, 11) is -4.12. The second-order valence-corrected chi connectivity index (χ2v) is 12.4.